The van der Waals surface area contributed by atoms with Crippen LogP contribution < -0.4 is 26.6 Å². The summed E-state index contributed by atoms with van der Waals surface area (Å²) in [4.78, 5) is 111. The first-order chi connectivity index (χ1) is 35.0. The molecule has 406 valence electrons. The Kier molecular flexibility index (Phi) is 17.5. The van der Waals surface area contributed by atoms with E-state index in [4.69, 9.17) is 4.74 Å². The van der Waals surface area contributed by atoms with Gasteiger partial charge in [-0.1, -0.05) is 19.3 Å². The second-order valence-corrected chi connectivity index (χ2v) is 25.7. The first-order valence-electron chi connectivity index (χ1n) is 27.2. The zero-order chi connectivity index (χ0) is 51.6. The Bertz CT molecular complexity index is 2210. The fourth-order valence-electron chi connectivity index (χ4n) is 13.9. The summed E-state index contributed by atoms with van der Waals surface area (Å²) in [6.07, 6.45) is 13.6. The summed E-state index contributed by atoms with van der Waals surface area (Å²) in [5, 5.41) is 15.3. The zero-order valence-electron chi connectivity index (χ0n) is 42.6. The number of piperidine rings is 4. The Morgan fingerprint density at radius 2 is 1.47 bits per heavy atom. The molecule has 0 bridgehead atoms. The predicted octanol–water partition coefficient (Wildman–Crippen LogP) is 0.00550. The van der Waals surface area contributed by atoms with Crippen molar-refractivity contribution >= 4 is 69.0 Å². The number of amides is 8. The van der Waals surface area contributed by atoms with Crippen LogP contribution in [0.15, 0.2) is 0 Å². The molecule has 0 spiro atoms. The highest BCUT2D eigenvalue weighted by Crippen LogP contribution is 2.43. The van der Waals surface area contributed by atoms with Crippen molar-refractivity contribution in [2.75, 3.05) is 84.6 Å². The van der Waals surface area contributed by atoms with Gasteiger partial charge in [0.05, 0.1) is 49.4 Å². The highest BCUT2D eigenvalue weighted by Gasteiger charge is 2.56. The Hall–Kier alpha value is -3.74. The summed E-state index contributed by atoms with van der Waals surface area (Å²) >= 11 is 1.69. The van der Waals surface area contributed by atoms with Crippen molar-refractivity contribution in [1.82, 2.24) is 50.5 Å². The zero-order valence-corrected chi connectivity index (χ0v) is 44.3. The van der Waals surface area contributed by atoms with Crippen LogP contribution in [0.1, 0.15) is 103 Å². The van der Waals surface area contributed by atoms with Gasteiger partial charge >= 0.3 is 0 Å². The second kappa shape index (κ2) is 23.7. The molecule has 11 unspecified atom stereocenters. The Labute approximate surface area is 433 Å². The fourth-order valence-corrected chi connectivity index (χ4v) is 16.1. The van der Waals surface area contributed by atoms with Gasteiger partial charge in [-0.2, -0.15) is 0 Å². The minimum absolute atomic E-state index is 0.0675. The Morgan fingerprint density at radius 1 is 0.781 bits per heavy atom. The van der Waals surface area contributed by atoms with Crippen molar-refractivity contribution < 1.29 is 51.5 Å². The number of carbonyl (C=O) groups excluding carboxylic acids is 8. The first-order valence-corrected chi connectivity index (χ1v) is 30.1. The van der Waals surface area contributed by atoms with Gasteiger partial charge in [0, 0.05) is 57.5 Å². The molecule has 5 N–H and O–H groups in total. The number of nitrogens with zero attached hydrogens (tertiary/aromatic N) is 5. The van der Waals surface area contributed by atoms with E-state index in [0.717, 1.165) is 87.9 Å². The van der Waals surface area contributed by atoms with Crippen LogP contribution in [0, 0.1) is 47.3 Å². The van der Waals surface area contributed by atoms with E-state index in [9.17, 15) is 46.8 Å². The van der Waals surface area contributed by atoms with Crippen LogP contribution in [0.4, 0.5) is 0 Å². The molecule has 21 nitrogen and oxygen atoms in total. The largest absolute Gasteiger partial charge is 0.368 e. The van der Waals surface area contributed by atoms with Gasteiger partial charge in [-0.15, -0.1) is 11.8 Å². The average molecular weight is 1060 g/mol. The number of likely N-dealkylation sites (N-methyl/N-ethyl adjacent to an activating group) is 1. The molecule has 11 atom stereocenters. The van der Waals surface area contributed by atoms with Crippen LogP contribution in [-0.2, 0) is 53.1 Å². The molecule has 0 aromatic rings. The van der Waals surface area contributed by atoms with Gasteiger partial charge in [-0.25, -0.2) is 12.7 Å². The first kappa shape index (κ1) is 54.1. The van der Waals surface area contributed by atoms with Crippen LogP contribution in [0.5, 0.6) is 0 Å². The maximum atomic E-state index is 13.7. The minimum Gasteiger partial charge on any atom is -0.368 e. The molecule has 0 aromatic heterocycles. The number of hydrogen-bond donors (Lipinski definition) is 5. The highest BCUT2D eigenvalue weighted by atomic mass is 32.2. The molecular weight excluding hydrogens is 981 g/mol. The van der Waals surface area contributed by atoms with Gasteiger partial charge in [0.15, 0.2) is 0 Å². The van der Waals surface area contributed by atoms with Crippen LogP contribution in [0.25, 0.3) is 0 Å². The maximum absolute atomic E-state index is 13.7. The lowest BCUT2D eigenvalue weighted by Crippen LogP contribution is -2.54. The minimum atomic E-state index is -3.35. The maximum Gasteiger partial charge on any atom is 0.249 e. The third kappa shape index (κ3) is 12.8. The van der Waals surface area contributed by atoms with Crippen LogP contribution >= 0.6 is 11.8 Å². The normalized spacial score (nSPS) is 34.3. The number of carbonyl (C=O) groups is 8. The summed E-state index contributed by atoms with van der Waals surface area (Å²) in [6, 6.07) is -0.702. The summed E-state index contributed by atoms with van der Waals surface area (Å²) in [7, 11) is -1.28. The van der Waals surface area contributed by atoms with Crippen LogP contribution in [0.3, 0.4) is 0 Å². The number of nitrogens with one attached hydrogen (secondary N) is 5. The molecule has 7 aliphatic heterocycles. The number of sulfonamides is 1. The number of rotatable bonds is 15. The van der Waals surface area contributed by atoms with Crippen molar-refractivity contribution in [3.05, 3.63) is 0 Å². The lowest BCUT2D eigenvalue weighted by Gasteiger charge is -2.43. The molecule has 0 radical (unpaired) electrons. The van der Waals surface area contributed by atoms with E-state index in [0.29, 0.717) is 87.5 Å². The monoisotopic (exact) mass is 1060 g/mol. The molecule has 8 amide bonds. The van der Waals surface area contributed by atoms with Gasteiger partial charge in [-0.3, -0.25) is 58.8 Å². The predicted molar refractivity (Wildman–Crippen MR) is 269 cm³/mol. The van der Waals surface area contributed by atoms with E-state index < -0.39 is 57.6 Å². The molecular formula is C50H78N10O11S2. The summed E-state index contributed by atoms with van der Waals surface area (Å²) in [5.74, 6) is -0.594. The Morgan fingerprint density at radius 3 is 2.16 bits per heavy atom. The average Bonchev–Trinajstić information content (AvgIpc) is 4.14. The van der Waals surface area contributed by atoms with Crippen LogP contribution in [-0.4, -0.2) is 194 Å². The van der Waals surface area contributed by atoms with Crippen molar-refractivity contribution in [3.8, 4) is 0 Å². The van der Waals surface area contributed by atoms with E-state index in [2.05, 4.69) is 38.5 Å². The summed E-state index contributed by atoms with van der Waals surface area (Å²) in [5.41, 5.74) is -0.226. The molecule has 9 rings (SSSR count). The molecule has 9 fully saturated rings. The molecule has 73 heavy (non-hydrogen) atoms. The number of hydrogen-bond acceptors (Lipinski definition) is 15. The van der Waals surface area contributed by atoms with Gasteiger partial charge in [-0.05, 0) is 120 Å². The van der Waals surface area contributed by atoms with Gasteiger partial charge in [0.1, 0.15) is 18.1 Å². The molecule has 7 heterocycles. The van der Waals surface area contributed by atoms with Crippen molar-refractivity contribution in [1.29, 1.82) is 0 Å². The van der Waals surface area contributed by atoms with E-state index in [1.54, 1.807) is 11.8 Å². The molecule has 2 saturated carbocycles. The molecule has 9 aliphatic rings. The summed E-state index contributed by atoms with van der Waals surface area (Å²) < 4.78 is 31.1. The molecule has 7 saturated heterocycles. The standard InChI is InChI=1S/C50H78N10O11S2/c1-56(40-24-33(11-17-51-40)32-5-3-6-34(23-32)37-29-72-50(53-37)55-42(62)25-52-46(65)35-16-22-59(26-35)73(2,69)70)27-43(63)57-18-12-30(13-19-57)31-14-20-58(21-15-31)44(64)28-71-39-8-4-7-36-45(39)49(68)60(48(36)67)38-9-10-41(61)54-47(38)66/h30-40,45,50-51,53H,3-29H2,1-2H3,(H,52,65)(H,55,62)(H,54,61,66). The van der Waals surface area contributed by atoms with E-state index in [-0.39, 0.29) is 73.7 Å². The Balaban J connectivity index is 0.650. The van der Waals surface area contributed by atoms with Crippen molar-refractivity contribution in [2.24, 2.45) is 47.3 Å². The molecule has 2 aliphatic carbocycles. The third-order valence-corrected chi connectivity index (χ3v) is 20.6. The topological polar surface area (TPSA) is 256 Å². The number of thioether (sulfide) groups is 1. The number of likely N-dealkylation sites (tertiary alicyclic amines) is 3. The van der Waals surface area contributed by atoms with Gasteiger partial charge < -0.3 is 30.5 Å². The highest BCUT2D eigenvalue weighted by molar-refractivity contribution is 8.00. The SMILES string of the molecule is CN(CC(=O)N1CCC(C2CCN(C(=O)COC3CCCC4C(=O)N(C5CCC(=O)NC5=O)C(=O)C34)CC2)CC1)C1CC(C2CCCC(C3CSC(NC(=O)CNC(=O)C4CCN(S(C)(=O)=O)C4)N3)C2)CCN1. The van der Waals surface area contributed by atoms with E-state index in [1.807, 2.05) is 9.80 Å². The molecule has 0 aromatic carbocycles. The van der Waals surface area contributed by atoms with Gasteiger partial charge in [0.2, 0.25) is 57.3 Å². The van der Waals surface area contributed by atoms with Crippen molar-refractivity contribution in [3.63, 3.8) is 0 Å². The van der Waals surface area contributed by atoms with Crippen molar-refractivity contribution in [2.45, 2.75) is 133 Å². The smallest absolute Gasteiger partial charge is 0.249 e. The summed E-state index contributed by atoms with van der Waals surface area (Å²) in [6.45, 7) is 4.18. The second-order valence-electron chi connectivity index (χ2n) is 22.6. The number of fused-ring (bicyclic) bond motifs is 1. The lowest BCUT2D eigenvalue weighted by molar-refractivity contribution is -0.153. The van der Waals surface area contributed by atoms with E-state index >= 15 is 0 Å². The fraction of sp³-hybridized carbons (Fsp3) is 0.840. The third-order valence-electron chi connectivity index (χ3n) is 18.2. The van der Waals surface area contributed by atoms with E-state index in [1.165, 1.54) is 17.1 Å². The lowest BCUT2D eigenvalue weighted by atomic mass is 9.70. The number of imide groups is 2. The quantitative estimate of drug-likeness (QED) is 0.136. The molecule has 23 heteroatoms. The van der Waals surface area contributed by atoms with Gasteiger partial charge in [0.25, 0.3) is 0 Å². The van der Waals surface area contributed by atoms with Crippen LogP contribution in [0.2, 0.25) is 0 Å². The number of ether oxygens (including phenoxy) is 1.